The quantitative estimate of drug-likeness (QED) is 0.354. The zero-order valence-corrected chi connectivity index (χ0v) is 23.6. The highest BCUT2D eigenvalue weighted by Crippen LogP contribution is 2.36. The van der Waals surface area contributed by atoms with Crippen molar-refractivity contribution in [3.8, 4) is 0 Å². The maximum absolute atomic E-state index is 14.0. The molecule has 230 valence electrons. The number of imide groups is 1. The van der Waals surface area contributed by atoms with Crippen molar-refractivity contribution in [2.24, 2.45) is 0 Å². The molecule has 2 aliphatic rings. The third-order valence-corrected chi connectivity index (χ3v) is 7.55. The predicted molar refractivity (Wildman–Crippen MR) is 151 cm³/mol. The van der Waals surface area contributed by atoms with Gasteiger partial charge in [-0.3, -0.25) is 24.3 Å². The molecule has 2 atom stereocenters. The third kappa shape index (κ3) is 6.72. The van der Waals surface area contributed by atoms with E-state index in [0.29, 0.717) is 11.3 Å². The van der Waals surface area contributed by atoms with E-state index in [2.05, 4.69) is 10.3 Å². The van der Waals surface area contributed by atoms with Gasteiger partial charge in [-0.2, -0.15) is 13.2 Å². The fraction of sp³-hybridized carbons (Fsp3) is 0.323. The Morgan fingerprint density at radius 1 is 0.955 bits per heavy atom. The van der Waals surface area contributed by atoms with Gasteiger partial charge in [0.05, 0.1) is 19.8 Å². The smallest absolute Gasteiger partial charge is 0.374 e. The molecule has 0 spiro atoms. The number of hydrogen-bond acceptors (Lipinski definition) is 6. The van der Waals surface area contributed by atoms with Crippen molar-refractivity contribution < 1.29 is 37.1 Å². The average Bonchev–Trinajstić information content (AvgIpc) is 3.21. The molecular formula is C31H30F3N5O5. The van der Waals surface area contributed by atoms with Crippen LogP contribution in [0.25, 0.3) is 0 Å². The Bertz CT molecular complexity index is 1490. The fourth-order valence-electron chi connectivity index (χ4n) is 5.49. The van der Waals surface area contributed by atoms with Crippen LogP contribution >= 0.6 is 0 Å². The van der Waals surface area contributed by atoms with Crippen LogP contribution in [0.5, 0.6) is 0 Å². The van der Waals surface area contributed by atoms with E-state index in [9.17, 15) is 32.3 Å². The summed E-state index contributed by atoms with van der Waals surface area (Å²) in [6.07, 6.45) is -3.55. The molecule has 10 nitrogen and oxygen atoms in total. The number of carbonyl (C=O) groups excluding carboxylic acids is 4. The Balaban J connectivity index is 1.41. The van der Waals surface area contributed by atoms with E-state index in [4.69, 9.17) is 4.74 Å². The van der Waals surface area contributed by atoms with Crippen LogP contribution in [0.2, 0.25) is 0 Å². The van der Waals surface area contributed by atoms with Crippen LogP contribution in [-0.2, 0) is 27.4 Å². The van der Waals surface area contributed by atoms with Crippen molar-refractivity contribution in [2.75, 3.05) is 32.8 Å². The highest BCUT2D eigenvalue weighted by atomic mass is 19.4. The van der Waals surface area contributed by atoms with Crippen molar-refractivity contribution in [1.82, 2.24) is 25.0 Å². The first kappa shape index (κ1) is 30.7. The second-order valence-corrected chi connectivity index (χ2v) is 10.6. The number of carbonyl (C=O) groups is 4. The average molecular weight is 610 g/mol. The summed E-state index contributed by atoms with van der Waals surface area (Å²) in [7, 11) is 0. The van der Waals surface area contributed by atoms with Gasteiger partial charge < -0.3 is 19.9 Å². The number of urea groups is 1. The molecule has 44 heavy (non-hydrogen) atoms. The lowest BCUT2D eigenvalue weighted by Gasteiger charge is -2.45. The molecular weight excluding hydrogens is 579 g/mol. The first-order valence-corrected chi connectivity index (χ1v) is 13.9. The van der Waals surface area contributed by atoms with Crippen LogP contribution in [0.4, 0.5) is 18.0 Å². The van der Waals surface area contributed by atoms with Crippen LogP contribution in [-0.4, -0.2) is 94.0 Å². The van der Waals surface area contributed by atoms with Gasteiger partial charge in [0.1, 0.15) is 18.1 Å². The number of halogens is 3. The minimum Gasteiger partial charge on any atom is -0.374 e. The molecule has 3 heterocycles. The number of alkyl halides is 3. The fourth-order valence-corrected chi connectivity index (χ4v) is 5.49. The van der Waals surface area contributed by atoms with E-state index in [1.165, 1.54) is 11.1 Å². The Labute approximate surface area is 251 Å². The lowest BCUT2D eigenvalue weighted by Crippen LogP contribution is -2.67. The minimum atomic E-state index is -4.81. The zero-order chi connectivity index (χ0) is 31.3. The summed E-state index contributed by atoms with van der Waals surface area (Å²) in [5, 5.41) is 2.71. The lowest BCUT2D eigenvalue weighted by atomic mass is 9.88. The Morgan fingerprint density at radius 2 is 1.64 bits per heavy atom. The Kier molecular flexibility index (Phi) is 8.95. The standard InChI is InChI=1S/C31H30F3N5O5/c32-31(33,34)21-38-28(42)30(17-24-13-7-8-14-35-24)20-37(15-16-39(30)29(38)43)27(41)25(19-44-18-22-9-3-1-4-10-22)36-26(40)23-11-5-2-6-12-23/h1-14,25H,15-21H2,(H,36,40). The van der Waals surface area contributed by atoms with Gasteiger partial charge in [-0.05, 0) is 29.8 Å². The third-order valence-electron chi connectivity index (χ3n) is 7.55. The summed E-state index contributed by atoms with van der Waals surface area (Å²) in [5.41, 5.74) is -0.300. The summed E-state index contributed by atoms with van der Waals surface area (Å²) in [6, 6.07) is 20.1. The van der Waals surface area contributed by atoms with Gasteiger partial charge in [0, 0.05) is 37.0 Å². The number of fused-ring (bicyclic) bond motifs is 1. The second-order valence-electron chi connectivity index (χ2n) is 10.6. The lowest BCUT2D eigenvalue weighted by molar-refractivity contribution is -0.157. The number of amides is 5. The molecule has 13 heteroatoms. The molecule has 5 amide bonds. The molecule has 5 rings (SSSR count). The SMILES string of the molecule is O=C(NC(COCc1ccccc1)C(=O)N1CCN2C(=O)N(CC(F)(F)F)C(=O)C2(Cc2ccccn2)C1)c1ccccc1. The largest absolute Gasteiger partial charge is 0.406 e. The van der Waals surface area contributed by atoms with Crippen LogP contribution < -0.4 is 5.32 Å². The number of piperazine rings is 1. The number of rotatable bonds is 10. The Morgan fingerprint density at radius 3 is 2.30 bits per heavy atom. The van der Waals surface area contributed by atoms with Crippen molar-refractivity contribution in [2.45, 2.75) is 30.8 Å². The molecule has 0 aliphatic carbocycles. The molecule has 2 aromatic carbocycles. The molecule has 0 radical (unpaired) electrons. The molecule has 2 saturated heterocycles. The number of nitrogens with one attached hydrogen (secondary N) is 1. The molecule has 1 N–H and O–H groups in total. The van der Waals surface area contributed by atoms with Gasteiger partial charge in [-0.25, -0.2) is 4.79 Å². The van der Waals surface area contributed by atoms with Gasteiger partial charge in [-0.15, -0.1) is 0 Å². The highest BCUT2D eigenvalue weighted by Gasteiger charge is 2.61. The molecule has 0 saturated carbocycles. The van der Waals surface area contributed by atoms with Crippen molar-refractivity contribution in [3.63, 3.8) is 0 Å². The van der Waals surface area contributed by atoms with E-state index in [-0.39, 0.29) is 37.6 Å². The second kappa shape index (κ2) is 12.8. The van der Waals surface area contributed by atoms with E-state index in [1.54, 1.807) is 48.5 Å². The number of aromatic nitrogens is 1. The van der Waals surface area contributed by atoms with E-state index < -0.39 is 54.6 Å². The molecule has 2 fully saturated rings. The monoisotopic (exact) mass is 609 g/mol. The number of hydrogen-bond donors (Lipinski definition) is 1. The van der Waals surface area contributed by atoms with Crippen molar-refractivity contribution in [3.05, 3.63) is 102 Å². The van der Waals surface area contributed by atoms with Gasteiger partial charge in [0.25, 0.3) is 11.8 Å². The normalized spacial score (nSPS) is 19.1. The molecule has 2 aliphatic heterocycles. The highest BCUT2D eigenvalue weighted by molar-refractivity contribution is 6.08. The van der Waals surface area contributed by atoms with E-state index in [1.807, 2.05) is 30.3 Å². The summed E-state index contributed by atoms with van der Waals surface area (Å²) in [6.45, 7) is -2.46. The van der Waals surface area contributed by atoms with Crippen molar-refractivity contribution >= 4 is 23.8 Å². The summed E-state index contributed by atoms with van der Waals surface area (Å²) in [5.74, 6) is -2.19. The van der Waals surface area contributed by atoms with Crippen LogP contribution in [0, 0.1) is 0 Å². The topological polar surface area (TPSA) is 112 Å². The number of nitrogens with zero attached hydrogens (tertiary/aromatic N) is 4. The number of pyridine rings is 1. The summed E-state index contributed by atoms with van der Waals surface area (Å²) >= 11 is 0. The maximum Gasteiger partial charge on any atom is 0.406 e. The molecule has 1 aromatic heterocycles. The number of ether oxygens (including phenoxy) is 1. The van der Waals surface area contributed by atoms with Gasteiger partial charge in [-0.1, -0.05) is 54.6 Å². The zero-order valence-electron chi connectivity index (χ0n) is 23.6. The van der Waals surface area contributed by atoms with Crippen LogP contribution in [0.1, 0.15) is 21.6 Å². The molecule has 2 unspecified atom stereocenters. The summed E-state index contributed by atoms with van der Waals surface area (Å²) in [4.78, 5) is 60.7. The van der Waals surface area contributed by atoms with E-state index in [0.717, 1.165) is 10.5 Å². The molecule has 0 bridgehead atoms. The van der Waals surface area contributed by atoms with Gasteiger partial charge in [0.15, 0.2) is 0 Å². The van der Waals surface area contributed by atoms with Gasteiger partial charge in [0.2, 0.25) is 5.91 Å². The van der Waals surface area contributed by atoms with E-state index >= 15 is 0 Å². The summed E-state index contributed by atoms with van der Waals surface area (Å²) < 4.78 is 46.0. The maximum atomic E-state index is 14.0. The molecule has 3 aromatic rings. The van der Waals surface area contributed by atoms with Gasteiger partial charge >= 0.3 is 12.2 Å². The Hall–Kier alpha value is -4.78. The van der Waals surface area contributed by atoms with Crippen LogP contribution in [0.3, 0.4) is 0 Å². The number of benzene rings is 2. The van der Waals surface area contributed by atoms with Crippen LogP contribution in [0.15, 0.2) is 85.1 Å². The predicted octanol–water partition coefficient (Wildman–Crippen LogP) is 3.05. The van der Waals surface area contributed by atoms with Crippen molar-refractivity contribution in [1.29, 1.82) is 0 Å². The first-order chi connectivity index (χ1) is 21.1. The minimum absolute atomic E-state index is 0.0714. The first-order valence-electron chi connectivity index (χ1n) is 13.9.